The molecule has 0 aliphatic rings. The lowest BCUT2D eigenvalue weighted by Gasteiger charge is -2.10. The third kappa shape index (κ3) is 3.03. The van der Waals surface area contributed by atoms with E-state index in [1.165, 1.54) is 12.1 Å². The Morgan fingerprint density at radius 3 is 2.44 bits per heavy atom. The van der Waals surface area contributed by atoms with Gasteiger partial charge in [-0.2, -0.15) is 0 Å². The quantitative estimate of drug-likeness (QED) is 0.570. The fraction of sp³-hybridized carbons (Fsp3) is 0.300. The number of carbonyl (C=O) groups is 1. The van der Waals surface area contributed by atoms with Crippen LogP contribution in [0.15, 0.2) is 24.3 Å². The molecular formula is C10H12N2O4. The molecule has 0 radical (unpaired) electrons. The standard InChI is InChI=1S/C10H12N2O4/c1-11-9(10(13)14)6-7-2-4-8(5-3-7)12(15)16/h2-5,9,11H,6H2,1H3,(H,13,14)/t9-/m0/s1. The maximum absolute atomic E-state index is 10.7. The Hall–Kier alpha value is -1.95. The van der Waals surface area contributed by atoms with E-state index in [0.717, 1.165) is 5.56 Å². The molecule has 0 saturated heterocycles. The number of carboxylic acids is 1. The third-order valence-electron chi connectivity index (χ3n) is 2.23. The number of nitro groups is 1. The smallest absolute Gasteiger partial charge is 0.321 e. The Bertz CT molecular complexity index is 388. The summed E-state index contributed by atoms with van der Waals surface area (Å²) in [6.07, 6.45) is 0.295. The van der Waals surface area contributed by atoms with Crippen LogP contribution in [0.4, 0.5) is 5.69 Å². The summed E-state index contributed by atoms with van der Waals surface area (Å²) < 4.78 is 0. The molecule has 0 bridgehead atoms. The molecule has 6 nitrogen and oxygen atoms in total. The van der Waals surface area contributed by atoms with Gasteiger partial charge < -0.3 is 10.4 Å². The summed E-state index contributed by atoms with van der Waals surface area (Å²) in [6, 6.07) is 5.17. The van der Waals surface area contributed by atoms with Crippen molar-refractivity contribution in [2.75, 3.05) is 7.05 Å². The number of rotatable bonds is 5. The van der Waals surface area contributed by atoms with Gasteiger partial charge in [0.05, 0.1) is 4.92 Å². The molecule has 0 aromatic heterocycles. The van der Waals surface area contributed by atoms with Crippen LogP contribution in [0.1, 0.15) is 5.56 Å². The number of hydrogen-bond donors (Lipinski definition) is 2. The zero-order valence-corrected chi connectivity index (χ0v) is 8.71. The predicted octanol–water partition coefficient (Wildman–Crippen LogP) is 0.810. The van der Waals surface area contributed by atoms with Gasteiger partial charge >= 0.3 is 5.97 Å². The van der Waals surface area contributed by atoms with Gasteiger partial charge in [-0.25, -0.2) is 0 Å². The van der Waals surface area contributed by atoms with Gasteiger partial charge in [0.1, 0.15) is 6.04 Å². The maximum atomic E-state index is 10.7. The number of non-ortho nitro benzene ring substituents is 1. The van der Waals surface area contributed by atoms with Crippen molar-refractivity contribution in [3.05, 3.63) is 39.9 Å². The van der Waals surface area contributed by atoms with Gasteiger partial charge in [-0.3, -0.25) is 14.9 Å². The summed E-state index contributed by atoms with van der Waals surface area (Å²) in [7, 11) is 1.56. The van der Waals surface area contributed by atoms with E-state index < -0.39 is 16.9 Å². The summed E-state index contributed by atoms with van der Waals surface area (Å²) in [5.41, 5.74) is 0.743. The van der Waals surface area contributed by atoms with E-state index in [0.29, 0.717) is 6.42 Å². The van der Waals surface area contributed by atoms with Crippen molar-refractivity contribution < 1.29 is 14.8 Å². The van der Waals surface area contributed by atoms with E-state index in [1.54, 1.807) is 19.2 Å². The number of carboxylic acid groups (broad SMARTS) is 1. The van der Waals surface area contributed by atoms with Crippen LogP contribution >= 0.6 is 0 Å². The molecule has 1 aromatic rings. The highest BCUT2D eigenvalue weighted by Gasteiger charge is 2.15. The van der Waals surface area contributed by atoms with Crippen molar-refractivity contribution in [3.63, 3.8) is 0 Å². The second-order valence-electron chi connectivity index (χ2n) is 3.31. The number of nitrogens with zero attached hydrogens (tertiary/aromatic N) is 1. The van der Waals surface area contributed by atoms with Crippen LogP contribution in [-0.4, -0.2) is 29.1 Å². The molecule has 0 spiro atoms. The number of nitrogens with one attached hydrogen (secondary N) is 1. The summed E-state index contributed by atoms with van der Waals surface area (Å²) in [4.78, 5) is 20.6. The molecule has 0 heterocycles. The van der Waals surface area contributed by atoms with Crippen LogP contribution in [0.5, 0.6) is 0 Å². The molecular weight excluding hydrogens is 212 g/mol. The Morgan fingerprint density at radius 2 is 2.06 bits per heavy atom. The maximum Gasteiger partial charge on any atom is 0.321 e. The lowest BCUT2D eigenvalue weighted by atomic mass is 10.1. The molecule has 0 saturated carbocycles. The van der Waals surface area contributed by atoms with Gasteiger partial charge in [-0.1, -0.05) is 12.1 Å². The molecule has 0 aliphatic carbocycles. The largest absolute Gasteiger partial charge is 0.480 e. The van der Waals surface area contributed by atoms with Gasteiger partial charge in [0.25, 0.3) is 5.69 Å². The summed E-state index contributed by atoms with van der Waals surface area (Å²) in [6.45, 7) is 0. The zero-order chi connectivity index (χ0) is 12.1. The first-order valence-corrected chi connectivity index (χ1v) is 4.68. The topological polar surface area (TPSA) is 92.5 Å². The molecule has 1 atom stereocenters. The van der Waals surface area contributed by atoms with Gasteiger partial charge in [0.15, 0.2) is 0 Å². The SMILES string of the molecule is CN[C@@H](Cc1ccc([N+](=O)[O-])cc1)C(=O)O. The van der Waals surface area contributed by atoms with Crippen LogP contribution in [0.2, 0.25) is 0 Å². The van der Waals surface area contributed by atoms with Crippen molar-refractivity contribution in [3.8, 4) is 0 Å². The second-order valence-corrected chi connectivity index (χ2v) is 3.31. The van der Waals surface area contributed by atoms with Crippen molar-refractivity contribution >= 4 is 11.7 Å². The first-order valence-electron chi connectivity index (χ1n) is 4.68. The van der Waals surface area contributed by atoms with E-state index in [4.69, 9.17) is 5.11 Å². The molecule has 6 heteroatoms. The Balaban J connectivity index is 2.75. The average Bonchev–Trinajstić information content (AvgIpc) is 2.26. The molecule has 0 fully saturated rings. The minimum Gasteiger partial charge on any atom is -0.480 e. The molecule has 2 N–H and O–H groups in total. The fourth-order valence-corrected chi connectivity index (χ4v) is 1.30. The van der Waals surface area contributed by atoms with Crippen molar-refractivity contribution in [2.45, 2.75) is 12.5 Å². The lowest BCUT2D eigenvalue weighted by Crippen LogP contribution is -2.35. The minimum absolute atomic E-state index is 0.0000765. The van der Waals surface area contributed by atoms with E-state index >= 15 is 0 Å². The number of hydrogen-bond acceptors (Lipinski definition) is 4. The molecule has 16 heavy (non-hydrogen) atoms. The van der Waals surface area contributed by atoms with Crippen LogP contribution < -0.4 is 5.32 Å². The predicted molar refractivity (Wildman–Crippen MR) is 57.3 cm³/mol. The highest BCUT2D eigenvalue weighted by Crippen LogP contribution is 2.13. The average molecular weight is 224 g/mol. The van der Waals surface area contributed by atoms with Crippen LogP contribution in [-0.2, 0) is 11.2 Å². The normalized spacial score (nSPS) is 12.1. The van der Waals surface area contributed by atoms with Gasteiger partial charge in [-0.05, 0) is 19.0 Å². The van der Waals surface area contributed by atoms with E-state index in [-0.39, 0.29) is 5.69 Å². The van der Waals surface area contributed by atoms with Gasteiger partial charge in [-0.15, -0.1) is 0 Å². The first-order chi connectivity index (χ1) is 7.54. The van der Waals surface area contributed by atoms with Gasteiger partial charge in [0, 0.05) is 12.1 Å². The molecule has 86 valence electrons. The summed E-state index contributed by atoms with van der Waals surface area (Å²) in [5, 5.41) is 21.9. The molecule has 0 unspecified atom stereocenters. The van der Waals surface area contributed by atoms with Crippen molar-refractivity contribution in [1.29, 1.82) is 0 Å². The van der Waals surface area contributed by atoms with Crippen molar-refractivity contribution in [1.82, 2.24) is 5.32 Å². The minimum atomic E-state index is -0.944. The molecule has 0 aliphatic heterocycles. The van der Waals surface area contributed by atoms with E-state index in [9.17, 15) is 14.9 Å². The van der Waals surface area contributed by atoms with E-state index in [1.807, 2.05) is 0 Å². The van der Waals surface area contributed by atoms with Crippen LogP contribution in [0.3, 0.4) is 0 Å². The number of nitro benzene ring substituents is 1. The highest BCUT2D eigenvalue weighted by atomic mass is 16.6. The summed E-state index contributed by atoms with van der Waals surface area (Å²) >= 11 is 0. The summed E-state index contributed by atoms with van der Waals surface area (Å²) in [5.74, 6) is -0.944. The van der Waals surface area contributed by atoms with Crippen LogP contribution in [0, 0.1) is 10.1 Å². The monoisotopic (exact) mass is 224 g/mol. The van der Waals surface area contributed by atoms with Crippen LogP contribution in [0.25, 0.3) is 0 Å². The molecule has 0 amide bonds. The zero-order valence-electron chi connectivity index (χ0n) is 8.71. The van der Waals surface area contributed by atoms with E-state index in [2.05, 4.69) is 5.32 Å². The molecule has 1 aromatic carbocycles. The number of likely N-dealkylation sites (N-methyl/N-ethyl adjacent to an activating group) is 1. The highest BCUT2D eigenvalue weighted by molar-refractivity contribution is 5.73. The Labute approximate surface area is 92.0 Å². The first kappa shape index (κ1) is 12.1. The Kier molecular flexibility index (Phi) is 3.96. The lowest BCUT2D eigenvalue weighted by molar-refractivity contribution is -0.384. The number of benzene rings is 1. The fourth-order valence-electron chi connectivity index (χ4n) is 1.30. The van der Waals surface area contributed by atoms with Crippen molar-refractivity contribution in [2.24, 2.45) is 0 Å². The van der Waals surface area contributed by atoms with Gasteiger partial charge in [0.2, 0.25) is 0 Å². The second kappa shape index (κ2) is 5.22. The number of aliphatic carboxylic acids is 1. The molecule has 1 rings (SSSR count). The Morgan fingerprint density at radius 1 is 1.50 bits per heavy atom. The third-order valence-corrected chi connectivity index (χ3v) is 2.23.